The van der Waals surface area contributed by atoms with Crippen LogP contribution in [0, 0.1) is 17.1 Å². The minimum Gasteiger partial charge on any atom is -0.486 e. The van der Waals surface area contributed by atoms with Crippen molar-refractivity contribution in [3.8, 4) is 22.9 Å². The summed E-state index contributed by atoms with van der Waals surface area (Å²) in [5.41, 5.74) is 1.75. The quantitative estimate of drug-likeness (QED) is 0.232. The standard InChI is InChI=1S/C29H25FN5O3.W/c1-29(2,3)38-28(36)35-16-22(17-35)37-25-14-21(33-26-11-8-18-5-4-12-32-27(18)34-26)9-10-23(25)19-6-7-20(15-31)24(30)13-19;/h4-14,22H,16-17H2,1-3H3;/q-1;. The number of fused-ring (bicyclic) bond motifs is 1. The first-order chi connectivity index (χ1) is 18.2. The maximum Gasteiger partial charge on any atom is 0.410 e. The summed E-state index contributed by atoms with van der Waals surface area (Å²) in [6.45, 7) is 6.16. The number of nitrogens with zero attached hydrogens (tertiary/aromatic N) is 5. The fraction of sp³-hybridized carbons (Fsp3) is 0.241. The van der Waals surface area contributed by atoms with E-state index < -0.39 is 17.5 Å². The first-order valence-electron chi connectivity index (χ1n) is 12.1. The Morgan fingerprint density at radius 1 is 1.13 bits per heavy atom. The van der Waals surface area contributed by atoms with E-state index in [0.29, 0.717) is 47.1 Å². The molecule has 10 heteroatoms. The Morgan fingerprint density at radius 3 is 2.64 bits per heavy atom. The van der Waals surface area contributed by atoms with E-state index in [1.165, 1.54) is 12.1 Å². The Hall–Kier alpha value is -4.02. The van der Waals surface area contributed by atoms with Gasteiger partial charge in [-0.15, -0.1) is 0 Å². The average molecular weight is 694 g/mol. The minimum atomic E-state index is -0.614. The maximum absolute atomic E-state index is 14.4. The van der Waals surface area contributed by atoms with Gasteiger partial charge in [-0.05, 0) is 61.7 Å². The van der Waals surface area contributed by atoms with Gasteiger partial charge in [-0.3, -0.25) is 4.98 Å². The van der Waals surface area contributed by atoms with Gasteiger partial charge in [0.05, 0.1) is 24.3 Å². The molecular weight excluding hydrogens is 669 g/mol. The zero-order valence-electron chi connectivity index (χ0n) is 21.6. The Kier molecular flexibility index (Phi) is 8.17. The van der Waals surface area contributed by atoms with Gasteiger partial charge in [0.15, 0.2) is 0 Å². The molecule has 2 aromatic carbocycles. The van der Waals surface area contributed by atoms with Gasteiger partial charge in [0.1, 0.15) is 29.3 Å². The second-order valence-electron chi connectivity index (χ2n) is 9.94. The summed E-state index contributed by atoms with van der Waals surface area (Å²) in [5, 5.41) is 14.6. The number of likely N-dealkylation sites (tertiary alicyclic amines) is 1. The van der Waals surface area contributed by atoms with Crippen LogP contribution < -0.4 is 4.74 Å². The van der Waals surface area contributed by atoms with Crippen molar-refractivity contribution >= 4 is 28.6 Å². The fourth-order valence-corrected chi connectivity index (χ4v) is 4.00. The zero-order chi connectivity index (χ0) is 26.9. The van der Waals surface area contributed by atoms with Gasteiger partial charge < -0.3 is 24.7 Å². The molecule has 1 aliphatic heterocycles. The van der Waals surface area contributed by atoms with Crippen LogP contribution in [-0.2, 0) is 25.8 Å². The van der Waals surface area contributed by atoms with Crippen LogP contribution in [0.4, 0.5) is 20.7 Å². The molecule has 5 rings (SSSR count). The van der Waals surface area contributed by atoms with Crippen LogP contribution in [0.15, 0.2) is 66.9 Å². The number of aromatic nitrogens is 2. The molecule has 2 aromatic heterocycles. The van der Waals surface area contributed by atoms with E-state index in [2.05, 4.69) is 15.3 Å². The van der Waals surface area contributed by atoms with Gasteiger partial charge in [0.2, 0.25) is 0 Å². The number of nitriles is 1. The smallest absolute Gasteiger partial charge is 0.410 e. The van der Waals surface area contributed by atoms with Gasteiger partial charge >= 0.3 is 6.09 Å². The second-order valence-corrected chi connectivity index (χ2v) is 9.94. The van der Waals surface area contributed by atoms with Gasteiger partial charge in [0.25, 0.3) is 0 Å². The van der Waals surface area contributed by atoms with E-state index in [0.717, 1.165) is 5.39 Å². The van der Waals surface area contributed by atoms with Crippen molar-refractivity contribution in [2.24, 2.45) is 0 Å². The van der Waals surface area contributed by atoms with Crippen molar-refractivity contribution < 1.29 is 39.7 Å². The van der Waals surface area contributed by atoms with E-state index >= 15 is 0 Å². The molecule has 1 saturated heterocycles. The summed E-state index contributed by atoms with van der Waals surface area (Å²) in [6.07, 6.45) is 1.00. The number of hydrogen-bond acceptors (Lipinski definition) is 6. The molecule has 0 atom stereocenters. The SMILES string of the molecule is CC(C)(C)OC(=O)N1CC(Oc2cc([N-]c3ccc4cccnc4n3)ccc2-c2ccc(C#N)c(F)c2)C1.[W]. The molecule has 1 aliphatic rings. The predicted molar refractivity (Wildman–Crippen MR) is 141 cm³/mol. The molecule has 0 bridgehead atoms. The Bertz CT molecular complexity index is 1560. The molecule has 1 amide bonds. The summed E-state index contributed by atoms with van der Waals surface area (Å²) in [5.74, 6) is 0.347. The molecule has 0 radical (unpaired) electrons. The van der Waals surface area contributed by atoms with E-state index in [1.54, 1.807) is 41.4 Å². The number of pyridine rings is 2. The van der Waals surface area contributed by atoms with Crippen molar-refractivity contribution in [1.29, 1.82) is 5.26 Å². The summed E-state index contributed by atoms with van der Waals surface area (Å²) in [4.78, 5) is 22.7. The molecule has 0 N–H and O–H groups in total. The molecule has 4 aromatic rings. The fourth-order valence-electron chi connectivity index (χ4n) is 4.00. The van der Waals surface area contributed by atoms with E-state index in [9.17, 15) is 9.18 Å². The molecule has 8 nitrogen and oxygen atoms in total. The normalized spacial score (nSPS) is 13.2. The van der Waals surface area contributed by atoms with Crippen LogP contribution in [0.1, 0.15) is 26.3 Å². The number of carbonyl (C=O) groups is 1. The third-order valence-corrected chi connectivity index (χ3v) is 5.85. The third kappa shape index (κ3) is 6.52. The van der Waals surface area contributed by atoms with Crippen LogP contribution in [0.5, 0.6) is 5.75 Å². The number of amides is 1. The first kappa shape index (κ1) is 28.0. The largest absolute Gasteiger partial charge is 0.486 e. The minimum absolute atomic E-state index is 0. The molecule has 0 spiro atoms. The van der Waals surface area contributed by atoms with Crippen LogP contribution in [0.25, 0.3) is 27.5 Å². The van der Waals surface area contributed by atoms with Crippen molar-refractivity contribution in [2.45, 2.75) is 32.5 Å². The van der Waals surface area contributed by atoms with Crippen LogP contribution in [-0.4, -0.2) is 45.8 Å². The average Bonchev–Trinajstić information content (AvgIpc) is 2.85. The number of benzene rings is 2. The predicted octanol–water partition coefficient (Wildman–Crippen LogP) is 6.64. The first-order valence-corrected chi connectivity index (χ1v) is 12.1. The van der Waals surface area contributed by atoms with Gasteiger partial charge in [-0.2, -0.15) is 5.26 Å². The van der Waals surface area contributed by atoms with Crippen LogP contribution in [0.3, 0.4) is 0 Å². The molecule has 0 aliphatic carbocycles. The summed E-state index contributed by atoms with van der Waals surface area (Å²) < 4.78 is 26.1. The van der Waals surface area contributed by atoms with E-state index in [1.807, 2.05) is 45.0 Å². The summed E-state index contributed by atoms with van der Waals surface area (Å²) in [7, 11) is 0. The molecule has 1 fully saturated rings. The third-order valence-electron chi connectivity index (χ3n) is 5.85. The van der Waals surface area contributed by atoms with E-state index in [-0.39, 0.29) is 32.7 Å². The summed E-state index contributed by atoms with van der Waals surface area (Å²) >= 11 is 0. The topological polar surface area (TPSA) is 102 Å². The van der Waals surface area contributed by atoms with Crippen molar-refractivity contribution in [2.75, 3.05) is 13.1 Å². The second kappa shape index (κ2) is 11.4. The molecule has 0 saturated carbocycles. The van der Waals surface area contributed by atoms with Gasteiger partial charge in [-0.25, -0.2) is 9.18 Å². The number of rotatable bonds is 5. The van der Waals surface area contributed by atoms with Crippen molar-refractivity contribution in [3.63, 3.8) is 0 Å². The molecule has 3 heterocycles. The monoisotopic (exact) mass is 694 g/mol. The molecule has 39 heavy (non-hydrogen) atoms. The number of hydrogen-bond donors (Lipinski definition) is 0. The van der Waals surface area contributed by atoms with Crippen molar-refractivity contribution in [3.05, 3.63) is 83.6 Å². The Morgan fingerprint density at radius 2 is 1.92 bits per heavy atom. The van der Waals surface area contributed by atoms with Crippen LogP contribution in [0.2, 0.25) is 0 Å². The zero-order valence-corrected chi connectivity index (χ0v) is 24.5. The number of carbonyl (C=O) groups excluding carboxylic acids is 1. The summed E-state index contributed by atoms with van der Waals surface area (Å²) in [6, 6.07) is 19.1. The molecule has 198 valence electrons. The molecular formula is C29H25FN5O3W-. The van der Waals surface area contributed by atoms with Gasteiger partial charge in [-0.1, -0.05) is 42.2 Å². The number of halogens is 1. The van der Waals surface area contributed by atoms with Crippen molar-refractivity contribution in [1.82, 2.24) is 14.9 Å². The Labute approximate surface area is 240 Å². The number of ether oxygens (including phenoxy) is 2. The molecule has 0 unspecified atom stereocenters. The van der Waals surface area contributed by atoms with E-state index in [4.69, 9.17) is 14.7 Å². The van der Waals surface area contributed by atoms with Gasteiger partial charge in [0, 0.05) is 32.8 Å². The maximum atomic E-state index is 14.4. The van der Waals surface area contributed by atoms with Crippen LogP contribution >= 0.6 is 0 Å². The Balaban J connectivity index is 0.00000353.